The molecule has 2 aromatic rings. The fourth-order valence-electron chi connectivity index (χ4n) is 1.96. The van der Waals surface area contributed by atoms with Crippen molar-refractivity contribution in [3.05, 3.63) is 69.2 Å². The monoisotopic (exact) mass is 365 g/mol. The minimum atomic E-state index is -0.594. The fraction of sp³-hybridized carbons (Fsp3) is 0.125. The van der Waals surface area contributed by atoms with E-state index in [4.69, 9.17) is 11.6 Å². The summed E-state index contributed by atoms with van der Waals surface area (Å²) in [6, 6.07) is 14.0. The van der Waals surface area contributed by atoms with Crippen LogP contribution in [-0.2, 0) is 11.2 Å². The molecule has 2 aromatic carbocycles. The molecule has 0 spiro atoms. The zero-order chi connectivity index (χ0) is 15.2. The Morgan fingerprint density at radius 1 is 1.19 bits per heavy atom. The molecule has 0 bridgehead atoms. The molecule has 3 nitrogen and oxygen atoms in total. The molecule has 108 valence electrons. The van der Waals surface area contributed by atoms with Gasteiger partial charge in [-0.05, 0) is 40.0 Å². The molecule has 1 unspecified atom stereocenters. The van der Waals surface area contributed by atoms with Gasteiger partial charge in [0.25, 0.3) is 5.91 Å². The van der Waals surface area contributed by atoms with Crippen molar-refractivity contribution >= 4 is 39.7 Å². The SMILES string of the molecule is O=CC(Cc1ccccc1)NC(=O)c1c(Cl)cccc1Br. The van der Waals surface area contributed by atoms with Crippen molar-refractivity contribution < 1.29 is 9.59 Å². The van der Waals surface area contributed by atoms with Crippen molar-refractivity contribution in [3.63, 3.8) is 0 Å². The molecule has 0 aliphatic heterocycles. The van der Waals surface area contributed by atoms with Gasteiger partial charge in [0.2, 0.25) is 0 Å². The predicted octanol–water partition coefficient (Wildman–Crippen LogP) is 3.64. The lowest BCUT2D eigenvalue weighted by Gasteiger charge is -2.14. The van der Waals surface area contributed by atoms with Crippen LogP contribution in [0.25, 0.3) is 0 Å². The second-order valence-electron chi connectivity index (χ2n) is 4.50. The summed E-state index contributed by atoms with van der Waals surface area (Å²) in [7, 11) is 0. The topological polar surface area (TPSA) is 46.2 Å². The molecule has 1 N–H and O–H groups in total. The molecule has 0 saturated heterocycles. The number of aldehydes is 1. The molecule has 0 aliphatic rings. The van der Waals surface area contributed by atoms with E-state index in [0.717, 1.165) is 11.8 Å². The highest BCUT2D eigenvalue weighted by atomic mass is 79.9. The minimum Gasteiger partial charge on any atom is -0.342 e. The lowest BCUT2D eigenvalue weighted by atomic mass is 10.1. The molecule has 0 aliphatic carbocycles. The van der Waals surface area contributed by atoms with Crippen LogP contribution >= 0.6 is 27.5 Å². The number of hydrogen-bond donors (Lipinski definition) is 1. The van der Waals surface area contributed by atoms with Crippen molar-refractivity contribution in [1.29, 1.82) is 0 Å². The number of carbonyl (C=O) groups excluding carboxylic acids is 2. The van der Waals surface area contributed by atoms with E-state index in [1.807, 2.05) is 30.3 Å². The van der Waals surface area contributed by atoms with Crippen LogP contribution in [0.15, 0.2) is 53.0 Å². The predicted molar refractivity (Wildman–Crippen MR) is 86.6 cm³/mol. The van der Waals surface area contributed by atoms with Crippen LogP contribution < -0.4 is 5.32 Å². The van der Waals surface area contributed by atoms with Crippen molar-refractivity contribution in [1.82, 2.24) is 5.32 Å². The molecule has 5 heteroatoms. The molecule has 0 saturated carbocycles. The Hall–Kier alpha value is -1.65. The number of rotatable bonds is 5. The largest absolute Gasteiger partial charge is 0.342 e. The molecule has 1 amide bonds. The van der Waals surface area contributed by atoms with E-state index in [2.05, 4.69) is 21.2 Å². The van der Waals surface area contributed by atoms with Gasteiger partial charge in [0.05, 0.1) is 16.6 Å². The Bertz CT molecular complexity index is 626. The number of nitrogens with one attached hydrogen (secondary N) is 1. The minimum absolute atomic E-state index is 0.332. The van der Waals surface area contributed by atoms with Crippen LogP contribution in [0.1, 0.15) is 15.9 Å². The molecule has 0 aromatic heterocycles. The van der Waals surface area contributed by atoms with Crippen LogP contribution in [-0.4, -0.2) is 18.2 Å². The molecule has 1 atom stereocenters. The molecular weight excluding hydrogens is 354 g/mol. The Balaban J connectivity index is 2.12. The molecule has 0 heterocycles. The number of amides is 1. The van der Waals surface area contributed by atoms with Gasteiger partial charge in [-0.3, -0.25) is 4.79 Å². The second-order valence-corrected chi connectivity index (χ2v) is 5.76. The zero-order valence-corrected chi connectivity index (χ0v) is 13.4. The van der Waals surface area contributed by atoms with E-state index >= 15 is 0 Å². The smallest absolute Gasteiger partial charge is 0.254 e. The first kappa shape index (κ1) is 15.7. The Morgan fingerprint density at radius 3 is 2.52 bits per heavy atom. The van der Waals surface area contributed by atoms with Gasteiger partial charge in [0.1, 0.15) is 6.29 Å². The van der Waals surface area contributed by atoms with Crippen LogP contribution in [0.4, 0.5) is 0 Å². The second kappa shape index (κ2) is 7.38. The summed E-state index contributed by atoms with van der Waals surface area (Å²) < 4.78 is 0.594. The number of halogens is 2. The van der Waals surface area contributed by atoms with Crippen molar-refractivity contribution in [2.75, 3.05) is 0 Å². The summed E-state index contributed by atoms with van der Waals surface area (Å²) in [6.45, 7) is 0. The summed E-state index contributed by atoms with van der Waals surface area (Å²) in [5, 5.41) is 3.03. The molecular formula is C16H13BrClNO2. The van der Waals surface area contributed by atoms with Gasteiger partial charge in [-0.25, -0.2) is 0 Å². The van der Waals surface area contributed by atoms with E-state index < -0.39 is 6.04 Å². The van der Waals surface area contributed by atoms with Crippen LogP contribution in [0, 0.1) is 0 Å². The Morgan fingerprint density at radius 2 is 1.90 bits per heavy atom. The molecule has 21 heavy (non-hydrogen) atoms. The summed E-state index contributed by atoms with van der Waals surface area (Å²) in [6.07, 6.45) is 1.17. The summed E-state index contributed by atoms with van der Waals surface area (Å²) in [5.41, 5.74) is 1.31. The first-order valence-electron chi connectivity index (χ1n) is 6.36. The molecule has 2 rings (SSSR count). The van der Waals surface area contributed by atoms with E-state index in [0.29, 0.717) is 21.5 Å². The van der Waals surface area contributed by atoms with Crippen molar-refractivity contribution in [2.24, 2.45) is 0 Å². The van der Waals surface area contributed by atoms with Gasteiger partial charge in [-0.1, -0.05) is 48.0 Å². The summed E-state index contributed by atoms with van der Waals surface area (Å²) in [5.74, 6) is -0.375. The van der Waals surface area contributed by atoms with Gasteiger partial charge < -0.3 is 10.1 Å². The lowest BCUT2D eigenvalue weighted by molar-refractivity contribution is -0.109. The Labute approximate surface area is 136 Å². The third kappa shape index (κ3) is 4.16. The van der Waals surface area contributed by atoms with Crippen LogP contribution in [0.3, 0.4) is 0 Å². The maximum atomic E-state index is 12.3. The van der Waals surface area contributed by atoms with Gasteiger partial charge >= 0.3 is 0 Å². The van der Waals surface area contributed by atoms with E-state index in [1.54, 1.807) is 18.2 Å². The number of hydrogen-bond acceptors (Lipinski definition) is 2. The maximum absolute atomic E-state index is 12.3. The third-order valence-electron chi connectivity index (χ3n) is 2.97. The average molecular weight is 367 g/mol. The highest BCUT2D eigenvalue weighted by Gasteiger charge is 2.18. The van der Waals surface area contributed by atoms with Gasteiger partial charge in [-0.15, -0.1) is 0 Å². The van der Waals surface area contributed by atoms with E-state index in [-0.39, 0.29) is 5.91 Å². The maximum Gasteiger partial charge on any atom is 0.254 e. The molecule has 0 radical (unpaired) electrons. The van der Waals surface area contributed by atoms with E-state index in [9.17, 15) is 9.59 Å². The summed E-state index contributed by atoms with van der Waals surface area (Å²) in [4.78, 5) is 23.4. The Kier molecular flexibility index (Phi) is 5.53. The standard InChI is InChI=1S/C16H13BrClNO2/c17-13-7-4-8-14(18)15(13)16(21)19-12(10-20)9-11-5-2-1-3-6-11/h1-8,10,12H,9H2,(H,19,21). The first-order chi connectivity index (χ1) is 10.1. The fourth-order valence-corrected chi connectivity index (χ4v) is 2.88. The normalized spacial score (nSPS) is 11.7. The third-order valence-corrected chi connectivity index (χ3v) is 3.94. The highest BCUT2D eigenvalue weighted by Crippen LogP contribution is 2.24. The van der Waals surface area contributed by atoms with E-state index in [1.165, 1.54) is 0 Å². The van der Waals surface area contributed by atoms with Crippen molar-refractivity contribution in [2.45, 2.75) is 12.5 Å². The van der Waals surface area contributed by atoms with Crippen LogP contribution in [0.5, 0.6) is 0 Å². The van der Waals surface area contributed by atoms with Gasteiger partial charge in [0, 0.05) is 4.47 Å². The van der Waals surface area contributed by atoms with Crippen LogP contribution in [0.2, 0.25) is 5.02 Å². The lowest BCUT2D eigenvalue weighted by Crippen LogP contribution is -2.37. The number of benzene rings is 2. The highest BCUT2D eigenvalue weighted by molar-refractivity contribution is 9.10. The number of carbonyl (C=O) groups is 2. The van der Waals surface area contributed by atoms with Crippen molar-refractivity contribution in [3.8, 4) is 0 Å². The zero-order valence-electron chi connectivity index (χ0n) is 11.1. The molecule has 0 fully saturated rings. The van der Waals surface area contributed by atoms with Gasteiger partial charge in [-0.2, -0.15) is 0 Å². The van der Waals surface area contributed by atoms with Gasteiger partial charge in [0.15, 0.2) is 0 Å². The summed E-state index contributed by atoms with van der Waals surface area (Å²) >= 11 is 9.32. The average Bonchev–Trinajstić information content (AvgIpc) is 2.47. The first-order valence-corrected chi connectivity index (χ1v) is 7.53. The quantitative estimate of drug-likeness (QED) is 0.821.